The van der Waals surface area contributed by atoms with Crippen molar-refractivity contribution in [2.75, 3.05) is 6.54 Å². The number of amides is 1. The van der Waals surface area contributed by atoms with Crippen molar-refractivity contribution in [3.8, 4) is 0 Å². The van der Waals surface area contributed by atoms with Crippen LogP contribution in [0.1, 0.15) is 22.2 Å². The van der Waals surface area contributed by atoms with Gasteiger partial charge < -0.3 is 14.8 Å². The summed E-state index contributed by atoms with van der Waals surface area (Å²) in [6.07, 6.45) is -0.755. The second kappa shape index (κ2) is 6.11. The smallest absolute Gasteiger partial charge is 0.287 e. The Morgan fingerprint density at radius 2 is 1.96 bits per heavy atom. The summed E-state index contributed by atoms with van der Waals surface area (Å²) < 4.78 is 6.65. The third-order valence-corrected chi connectivity index (χ3v) is 4.96. The molecule has 4 rings (SSSR count). The molecule has 24 heavy (non-hydrogen) atoms. The molecule has 2 aromatic heterocycles. The Morgan fingerprint density at radius 3 is 2.83 bits per heavy atom. The lowest BCUT2D eigenvalue weighted by molar-refractivity contribution is 0.0892. The number of aliphatic hydroxyl groups excluding tert-OH is 1. The lowest BCUT2D eigenvalue weighted by atomic mass is 10.1. The van der Waals surface area contributed by atoms with E-state index in [1.165, 1.54) is 0 Å². The van der Waals surface area contributed by atoms with Crippen molar-refractivity contribution in [1.29, 1.82) is 0 Å². The second-order valence-electron chi connectivity index (χ2n) is 5.56. The maximum Gasteiger partial charge on any atom is 0.287 e. The third-order valence-electron chi connectivity index (χ3n) is 3.98. The van der Waals surface area contributed by atoms with Gasteiger partial charge in [-0.3, -0.25) is 4.79 Å². The Morgan fingerprint density at radius 1 is 1.17 bits per heavy atom. The number of aliphatic hydroxyl groups is 1. The molecule has 5 heteroatoms. The Bertz CT molecular complexity index is 984. The van der Waals surface area contributed by atoms with Crippen LogP contribution >= 0.6 is 11.3 Å². The van der Waals surface area contributed by atoms with E-state index >= 15 is 0 Å². The van der Waals surface area contributed by atoms with Crippen LogP contribution in [-0.4, -0.2) is 17.6 Å². The molecule has 0 radical (unpaired) electrons. The van der Waals surface area contributed by atoms with Crippen molar-refractivity contribution in [3.05, 3.63) is 71.3 Å². The first-order valence-electron chi connectivity index (χ1n) is 7.63. The predicted octanol–water partition coefficient (Wildman–Crippen LogP) is 4.11. The minimum absolute atomic E-state index is 0.136. The fraction of sp³-hybridized carbons (Fsp3) is 0.105. The number of para-hydroxylation sites is 1. The summed E-state index contributed by atoms with van der Waals surface area (Å²) in [6.45, 7) is 0.136. The lowest BCUT2D eigenvalue weighted by Crippen LogP contribution is -2.27. The molecule has 0 fully saturated rings. The first-order chi connectivity index (χ1) is 11.7. The molecule has 2 aromatic carbocycles. The quantitative estimate of drug-likeness (QED) is 0.589. The van der Waals surface area contributed by atoms with E-state index in [4.69, 9.17) is 4.42 Å². The number of carbonyl (C=O) groups is 1. The summed E-state index contributed by atoms with van der Waals surface area (Å²) in [4.78, 5) is 12.2. The lowest BCUT2D eigenvalue weighted by Gasteiger charge is -2.10. The van der Waals surface area contributed by atoms with E-state index in [2.05, 4.69) is 5.32 Å². The van der Waals surface area contributed by atoms with Gasteiger partial charge in [0.05, 0.1) is 6.10 Å². The number of rotatable bonds is 4. The molecule has 0 saturated heterocycles. The Labute approximate surface area is 142 Å². The standard InChI is InChI=1S/C19H15NO3S/c21-15(14-11-24-18-8-4-2-6-13(14)18)10-20-19(22)17-9-12-5-1-3-7-16(12)23-17/h1-9,11,15,21H,10H2,(H,20,22)/t15-/m0/s1. The number of nitrogens with one attached hydrogen (secondary N) is 1. The van der Waals surface area contributed by atoms with E-state index in [9.17, 15) is 9.90 Å². The highest BCUT2D eigenvalue weighted by atomic mass is 32.1. The second-order valence-corrected chi connectivity index (χ2v) is 6.47. The van der Waals surface area contributed by atoms with Gasteiger partial charge in [0.15, 0.2) is 5.76 Å². The Hall–Kier alpha value is -2.63. The molecule has 0 spiro atoms. The number of thiophene rings is 1. The summed E-state index contributed by atoms with van der Waals surface area (Å²) in [6, 6.07) is 17.1. The Kier molecular flexibility index (Phi) is 3.80. The minimum atomic E-state index is -0.755. The van der Waals surface area contributed by atoms with Crippen LogP contribution in [0.4, 0.5) is 0 Å². The van der Waals surface area contributed by atoms with E-state index in [0.717, 1.165) is 21.0 Å². The van der Waals surface area contributed by atoms with Crippen molar-refractivity contribution in [3.63, 3.8) is 0 Å². The van der Waals surface area contributed by atoms with E-state index in [-0.39, 0.29) is 18.2 Å². The molecular weight excluding hydrogens is 322 g/mol. The number of hydrogen-bond donors (Lipinski definition) is 2. The zero-order chi connectivity index (χ0) is 16.5. The minimum Gasteiger partial charge on any atom is -0.451 e. The van der Waals surface area contributed by atoms with Crippen LogP contribution in [0.3, 0.4) is 0 Å². The van der Waals surface area contributed by atoms with Crippen molar-refractivity contribution in [1.82, 2.24) is 5.32 Å². The molecule has 1 amide bonds. The molecule has 0 aliphatic rings. The summed E-state index contributed by atoms with van der Waals surface area (Å²) in [7, 11) is 0. The molecule has 0 aliphatic carbocycles. The van der Waals surface area contributed by atoms with Crippen LogP contribution in [0.15, 0.2) is 64.4 Å². The SMILES string of the molecule is O=C(NC[C@H](O)c1csc2ccccc12)c1cc2ccccc2o1. The van der Waals surface area contributed by atoms with Gasteiger partial charge in [0, 0.05) is 22.2 Å². The third kappa shape index (κ3) is 2.68. The van der Waals surface area contributed by atoms with Crippen LogP contribution in [0, 0.1) is 0 Å². The normalized spacial score (nSPS) is 12.5. The van der Waals surface area contributed by atoms with Gasteiger partial charge in [-0.25, -0.2) is 0 Å². The van der Waals surface area contributed by atoms with Crippen LogP contribution in [0.5, 0.6) is 0 Å². The Balaban J connectivity index is 1.48. The fourth-order valence-corrected chi connectivity index (χ4v) is 3.74. The van der Waals surface area contributed by atoms with Gasteiger partial charge >= 0.3 is 0 Å². The van der Waals surface area contributed by atoms with E-state index in [1.54, 1.807) is 17.4 Å². The zero-order valence-electron chi connectivity index (χ0n) is 12.7. The van der Waals surface area contributed by atoms with E-state index < -0.39 is 6.10 Å². The van der Waals surface area contributed by atoms with Crippen molar-refractivity contribution < 1.29 is 14.3 Å². The van der Waals surface area contributed by atoms with Gasteiger partial charge in [0.1, 0.15) is 5.58 Å². The molecule has 0 saturated carbocycles. The molecule has 4 aromatic rings. The highest BCUT2D eigenvalue weighted by Gasteiger charge is 2.16. The molecule has 0 aliphatic heterocycles. The molecular formula is C19H15NO3S. The number of carbonyl (C=O) groups excluding carboxylic acids is 1. The number of benzene rings is 2. The van der Waals surface area contributed by atoms with E-state index in [1.807, 2.05) is 53.9 Å². The van der Waals surface area contributed by atoms with E-state index in [0.29, 0.717) is 5.58 Å². The first-order valence-corrected chi connectivity index (χ1v) is 8.51. The zero-order valence-corrected chi connectivity index (χ0v) is 13.5. The van der Waals surface area contributed by atoms with Gasteiger partial charge in [0.2, 0.25) is 0 Å². The summed E-state index contributed by atoms with van der Waals surface area (Å²) in [5.74, 6) is -0.0802. The van der Waals surface area contributed by atoms with Crippen LogP contribution in [0.25, 0.3) is 21.1 Å². The highest BCUT2D eigenvalue weighted by Crippen LogP contribution is 2.30. The average molecular weight is 337 g/mol. The molecule has 2 N–H and O–H groups in total. The molecule has 2 heterocycles. The summed E-state index contributed by atoms with van der Waals surface area (Å²) in [5.41, 5.74) is 1.51. The highest BCUT2D eigenvalue weighted by molar-refractivity contribution is 7.17. The monoisotopic (exact) mass is 337 g/mol. The van der Waals surface area contributed by atoms with Crippen LogP contribution in [-0.2, 0) is 0 Å². The van der Waals surface area contributed by atoms with Crippen molar-refractivity contribution >= 4 is 38.3 Å². The van der Waals surface area contributed by atoms with Crippen molar-refractivity contribution in [2.24, 2.45) is 0 Å². The van der Waals surface area contributed by atoms with Crippen molar-refractivity contribution in [2.45, 2.75) is 6.10 Å². The average Bonchev–Trinajstić information content (AvgIpc) is 3.23. The maximum atomic E-state index is 12.2. The number of hydrogen-bond acceptors (Lipinski definition) is 4. The molecule has 0 unspecified atom stereocenters. The first kappa shape index (κ1) is 14.9. The van der Waals surface area contributed by atoms with Crippen LogP contribution in [0.2, 0.25) is 0 Å². The molecule has 120 valence electrons. The molecule has 0 bridgehead atoms. The number of furan rings is 1. The fourth-order valence-electron chi connectivity index (χ4n) is 2.74. The maximum absolute atomic E-state index is 12.2. The van der Waals surface area contributed by atoms with Crippen LogP contribution < -0.4 is 5.32 Å². The van der Waals surface area contributed by atoms with Gasteiger partial charge in [-0.05, 0) is 29.0 Å². The topological polar surface area (TPSA) is 62.5 Å². The molecule has 4 nitrogen and oxygen atoms in total. The van der Waals surface area contributed by atoms with Gasteiger partial charge in [-0.1, -0.05) is 36.4 Å². The summed E-state index contributed by atoms with van der Waals surface area (Å²) >= 11 is 1.58. The largest absolute Gasteiger partial charge is 0.451 e. The summed E-state index contributed by atoms with van der Waals surface area (Å²) in [5, 5.41) is 17.0. The van der Waals surface area contributed by atoms with Gasteiger partial charge in [0.25, 0.3) is 5.91 Å². The number of fused-ring (bicyclic) bond motifs is 2. The molecule has 1 atom stereocenters. The predicted molar refractivity (Wildman–Crippen MR) is 95.3 cm³/mol. The van der Waals surface area contributed by atoms with Gasteiger partial charge in [-0.15, -0.1) is 11.3 Å². The van der Waals surface area contributed by atoms with Gasteiger partial charge in [-0.2, -0.15) is 0 Å².